The molecule has 0 amide bonds. The van der Waals surface area contributed by atoms with Gasteiger partial charge >= 0.3 is 0 Å². The molecule has 1 unspecified atom stereocenters. The quantitative estimate of drug-likeness (QED) is 0.898. The van der Waals surface area contributed by atoms with Crippen LogP contribution in [0.5, 0.6) is 0 Å². The van der Waals surface area contributed by atoms with Gasteiger partial charge in [-0.1, -0.05) is 30.3 Å². The minimum atomic E-state index is -0.278. The minimum Gasteiger partial charge on any atom is -0.321 e. The summed E-state index contributed by atoms with van der Waals surface area (Å²) >= 11 is 0. The van der Waals surface area contributed by atoms with Gasteiger partial charge in [0.1, 0.15) is 0 Å². The lowest BCUT2D eigenvalue weighted by Gasteiger charge is -2.39. The van der Waals surface area contributed by atoms with Crippen molar-refractivity contribution < 1.29 is 0 Å². The van der Waals surface area contributed by atoms with Gasteiger partial charge in [-0.2, -0.15) is 0 Å². The van der Waals surface area contributed by atoms with Crippen LogP contribution >= 0.6 is 0 Å². The molecule has 3 nitrogen and oxygen atoms in total. The van der Waals surface area contributed by atoms with Crippen LogP contribution in [0.15, 0.2) is 30.3 Å². The van der Waals surface area contributed by atoms with Crippen LogP contribution in [0.2, 0.25) is 0 Å². The lowest BCUT2D eigenvalue weighted by Crippen LogP contribution is -2.50. The van der Waals surface area contributed by atoms with Gasteiger partial charge in [0.05, 0.1) is 5.54 Å². The van der Waals surface area contributed by atoms with E-state index in [0.29, 0.717) is 6.04 Å². The Kier molecular flexibility index (Phi) is 4.61. The van der Waals surface area contributed by atoms with Gasteiger partial charge < -0.3 is 15.5 Å². The Hall–Kier alpha value is -0.900. The molecule has 0 saturated carbocycles. The van der Waals surface area contributed by atoms with E-state index in [1.165, 1.54) is 31.5 Å². The fraction of sp³-hybridized carbons (Fsp3) is 0.625. The number of likely N-dealkylation sites (N-methyl/N-ethyl adjacent to an activating group) is 1. The number of rotatable bonds is 4. The van der Waals surface area contributed by atoms with Crippen LogP contribution in [0.25, 0.3) is 0 Å². The maximum Gasteiger partial charge on any atom is 0.0509 e. The van der Waals surface area contributed by atoms with E-state index >= 15 is 0 Å². The predicted molar refractivity (Wildman–Crippen MR) is 81.1 cm³/mol. The lowest BCUT2D eigenvalue weighted by molar-refractivity contribution is 0.124. The zero-order valence-electron chi connectivity index (χ0n) is 12.5. The highest BCUT2D eigenvalue weighted by Gasteiger charge is 2.27. The Bertz CT molecular complexity index is 380. The first kappa shape index (κ1) is 14.5. The summed E-state index contributed by atoms with van der Waals surface area (Å²) in [6, 6.07) is 11.1. The van der Waals surface area contributed by atoms with Crippen molar-refractivity contribution in [3.05, 3.63) is 35.9 Å². The van der Waals surface area contributed by atoms with E-state index in [-0.39, 0.29) is 5.54 Å². The topological polar surface area (TPSA) is 32.5 Å². The monoisotopic (exact) mass is 261 g/mol. The van der Waals surface area contributed by atoms with Gasteiger partial charge in [-0.05, 0) is 52.5 Å². The second-order valence-corrected chi connectivity index (χ2v) is 6.23. The normalized spacial score (nSPS) is 21.5. The molecule has 1 saturated heterocycles. The molecule has 1 fully saturated rings. The zero-order chi connectivity index (χ0) is 13.9. The Labute approximate surface area is 117 Å². The summed E-state index contributed by atoms with van der Waals surface area (Å²) in [5.41, 5.74) is 7.46. The van der Waals surface area contributed by atoms with Gasteiger partial charge in [-0.15, -0.1) is 0 Å². The molecule has 19 heavy (non-hydrogen) atoms. The molecule has 1 aromatic carbocycles. The van der Waals surface area contributed by atoms with Crippen LogP contribution in [0, 0.1) is 0 Å². The van der Waals surface area contributed by atoms with Crippen molar-refractivity contribution in [2.45, 2.75) is 31.3 Å². The third kappa shape index (κ3) is 3.78. The average molecular weight is 261 g/mol. The molecule has 1 heterocycles. The maximum atomic E-state index is 6.52. The van der Waals surface area contributed by atoms with Gasteiger partial charge in [0.15, 0.2) is 0 Å². The first-order valence-electron chi connectivity index (χ1n) is 7.22. The third-order valence-electron chi connectivity index (χ3n) is 4.32. The fourth-order valence-corrected chi connectivity index (χ4v) is 2.99. The summed E-state index contributed by atoms with van der Waals surface area (Å²) in [4.78, 5) is 4.85. The number of nitrogens with zero attached hydrogens (tertiary/aromatic N) is 2. The molecule has 1 aromatic rings. The van der Waals surface area contributed by atoms with Crippen LogP contribution < -0.4 is 5.73 Å². The molecule has 0 aliphatic carbocycles. The predicted octanol–water partition coefficient (Wildman–Crippen LogP) is 1.89. The molecule has 0 aromatic heterocycles. The smallest absolute Gasteiger partial charge is 0.0509 e. The third-order valence-corrected chi connectivity index (χ3v) is 4.32. The van der Waals surface area contributed by atoms with Crippen molar-refractivity contribution >= 4 is 0 Å². The Morgan fingerprint density at radius 3 is 2.42 bits per heavy atom. The average Bonchev–Trinajstić information content (AvgIpc) is 2.40. The highest BCUT2D eigenvalue weighted by Crippen LogP contribution is 2.22. The number of nitrogens with two attached hydrogens (primary N) is 1. The highest BCUT2D eigenvalue weighted by atomic mass is 15.2. The molecule has 2 N–H and O–H groups in total. The molecular weight excluding hydrogens is 234 g/mol. The van der Waals surface area contributed by atoms with Crippen LogP contribution in [-0.4, -0.2) is 49.6 Å². The van der Waals surface area contributed by atoms with Crippen LogP contribution in [0.3, 0.4) is 0 Å². The zero-order valence-corrected chi connectivity index (χ0v) is 12.5. The molecule has 0 bridgehead atoms. The van der Waals surface area contributed by atoms with Crippen molar-refractivity contribution in [3.63, 3.8) is 0 Å². The Balaban J connectivity index is 1.96. The molecule has 1 aliphatic heterocycles. The number of hydrogen-bond donors (Lipinski definition) is 1. The van der Waals surface area contributed by atoms with E-state index in [4.69, 9.17) is 5.73 Å². The Morgan fingerprint density at radius 2 is 1.84 bits per heavy atom. The number of piperidine rings is 1. The molecule has 3 heteroatoms. The standard InChI is InChI=1S/C16H27N3/c1-16(17,14-7-5-4-6-8-14)13-19(3)15-9-11-18(2)12-10-15/h4-8,15H,9-13,17H2,1-3H3. The summed E-state index contributed by atoms with van der Waals surface area (Å²) in [5, 5.41) is 0. The second-order valence-electron chi connectivity index (χ2n) is 6.23. The molecule has 1 atom stereocenters. The van der Waals surface area contributed by atoms with E-state index in [1.807, 2.05) is 6.07 Å². The van der Waals surface area contributed by atoms with Gasteiger partial charge in [-0.3, -0.25) is 0 Å². The van der Waals surface area contributed by atoms with E-state index in [1.54, 1.807) is 0 Å². The van der Waals surface area contributed by atoms with Crippen LogP contribution in [-0.2, 0) is 5.54 Å². The SMILES string of the molecule is CN1CCC(N(C)CC(C)(N)c2ccccc2)CC1. The van der Waals surface area contributed by atoms with Crippen molar-refractivity contribution in [2.75, 3.05) is 33.7 Å². The number of benzene rings is 1. The van der Waals surface area contributed by atoms with Gasteiger partial charge in [0.2, 0.25) is 0 Å². The van der Waals surface area contributed by atoms with E-state index in [2.05, 4.69) is 55.1 Å². The van der Waals surface area contributed by atoms with Gasteiger partial charge in [0.25, 0.3) is 0 Å². The number of hydrogen-bond acceptors (Lipinski definition) is 3. The van der Waals surface area contributed by atoms with Crippen molar-refractivity contribution in [1.82, 2.24) is 9.80 Å². The van der Waals surface area contributed by atoms with Crippen LogP contribution in [0.1, 0.15) is 25.3 Å². The molecule has 1 aliphatic rings. The van der Waals surface area contributed by atoms with E-state index in [0.717, 1.165) is 6.54 Å². The first-order valence-corrected chi connectivity index (χ1v) is 7.22. The second kappa shape index (κ2) is 6.04. The van der Waals surface area contributed by atoms with Gasteiger partial charge in [-0.25, -0.2) is 0 Å². The minimum absolute atomic E-state index is 0.278. The van der Waals surface area contributed by atoms with E-state index in [9.17, 15) is 0 Å². The summed E-state index contributed by atoms with van der Waals surface area (Å²) in [5.74, 6) is 0. The molecule has 0 spiro atoms. The fourth-order valence-electron chi connectivity index (χ4n) is 2.99. The van der Waals surface area contributed by atoms with Gasteiger partial charge in [0, 0.05) is 12.6 Å². The van der Waals surface area contributed by atoms with Crippen molar-refractivity contribution in [1.29, 1.82) is 0 Å². The molecule has 106 valence electrons. The Morgan fingerprint density at radius 1 is 1.26 bits per heavy atom. The largest absolute Gasteiger partial charge is 0.321 e. The summed E-state index contributed by atoms with van der Waals surface area (Å²) in [6.07, 6.45) is 2.50. The lowest BCUT2D eigenvalue weighted by atomic mass is 9.91. The first-order chi connectivity index (χ1) is 8.99. The summed E-state index contributed by atoms with van der Waals surface area (Å²) < 4.78 is 0. The molecular formula is C16H27N3. The maximum absolute atomic E-state index is 6.52. The van der Waals surface area contributed by atoms with Crippen molar-refractivity contribution in [2.24, 2.45) is 5.73 Å². The van der Waals surface area contributed by atoms with Crippen LogP contribution in [0.4, 0.5) is 0 Å². The summed E-state index contributed by atoms with van der Waals surface area (Å²) in [7, 11) is 4.41. The molecule has 2 rings (SSSR count). The molecule has 0 radical (unpaired) electrons. The van der Waals surface area contributed by atoms with E-state index < -0.39 is 0 Å². The highest BCUT2D eigenvalue weighted by molar-refractivity contribution is 5.23. The van der Waals surface area contributed by atoms with Crippen molar-refractivity contribution in [3.8, 4) is 0 Å². The number of likely N-dealkylation sites (tertiary alicyclic amines) is 1. The summed E-state index contributed by atoms with van der Waals surface area (Å²) in [6.45, 7) is 5.43.